The van der Waals surface area contributed by atoms with Gasteiger partial charge in [-0.15, -0.1) is 0 Å². The third-order valence-electron chi connectivity index (χ3n) is 2.79. The fourth-order valence-electron chi connectivity index (χ4n) is 1.75. The fourth-order valence-corrected chi connectivity index (χ4v) is 1.75. The molecule has 2 nitrogen and oxygen atoms in total. The Kier molecular flexibility index (Phi) is 13.4. The Labute approximate surface area is 113 Å². The van der Waals surface area contributed by atoms with E-state index in [0.29, 0.717) is 6.61 Å². The molecule has 1 N–H and O–H groups in total. The van der Waals surface area contributed by atoms with Crippen LogP contribution in [0.3, 0.4) is 0 Å². The van der Waals surface area contributed by atoms with Crippen molar-refractivity contribution >= 4 is 0 Å². The lowest BCUT2D eigenvalue weighted by atomic mass is 10.1. The summed E-state index contributed by atoms with van der Waals surface area (Å²) >= 11 is 0. The third kappa shape index (κ3) is 12.6. The Hall–Kier alpha value is 0.650. The summed E-state index contributed by atoms with van der Waals surface area (Å²) in [5, 5.41) is 8.76. The van der Waals surface area contributed by atoms with E-state index in [2.05, 4.69) is 21.0 Å². The number of aliphatic hydroxyl groups excluding tert-OH is 1. The van der Waals surface area contributed by atoms with Gasteiger partial charge in [0.1, 0.15) is 0 Å². The highest BCUT2D eigenvalue weighted by molar-refractivity contribution is 4.43. The van der Waals surface area contributed by atoms with E-state index in [-0.39, 0.29) is 24.0 Å². The molecule has 0 rings (SSSR count). The van der Waals surface area contributed by atoms with Crippen LogP contribution in [-0.2, 0) is 0 Å². The second kappa shape index (κ2) is 11.1. The van der Waals surface area contributed by atoms with E-state index in [4.69, 9.17) is 5.11 Å². The topological polar surface area (TPSA) is 20.2 Å². The largest absolute Gasteiger partial charge is 1.00 e. The zero-order valence-electron chi connectivity index (χ0n) is 10.6. The van der Waals surface area contributed by atoms with Crippen LogP contribution < -0.4 is 24.0 Å². The van der Waals surface area contributed by atoms with Crippen LogP contribution in [0.15, 0.2) is 0 Å². The van der Waals surface area contributed by atoms with Crippen molar-refractivity contribution in [2.75, 3.05) is 33.8 Å². The van der Waals surface area contributed by atoms with E-state index >= 15 is 0 Å². The highest BCUT2D eigenvalue weighted by atomic mass is 127. The van der Waals surface area contributed by atoms with Gasteiger partial charge in [-0.2, -0.15) is 0 Å². The van der Waals surface area contributed by atoms with Crippen LogP contribution >= 0.6 is 0 Å². The second-order valence-corrected chi connectivity index (χ2v) is 4.87. The number of nitrogens with zero attached hydrogens (tertiary/aromatic N) is 1. The highest BCUT2D eigenvalue weighted by Gasteiger charge is 2.12. The molecule has 0 spiro atoms. The lowest BCUT2D eigenvalue weighted by Crippen LogP contribution is -3.00. The Balaban J connectivity index is 0. The van der Waals surface area contributed by atoms with Crippen molar-refractivity contribution < 1.29 is 33.6 Å². The van der Waals surface area contributed by atoms with Gasteiger partial charge < -0.3 is 33.6 Å². The molecule has 0 aliphatic heterocycles. The molecule has 3 heteroatoms. The van der Waals surface area contributed by atoms with Crippen LogP contribution in [0.5, 0.6) is 0 Å². The van der Waals surface area contributed by atoms with Crippen molar-refractivity contribution in [3.8, 4) is 0 Å². The molecular weight excluding hydrogens is 301 g/mol. The number of hydrogen-bond acceptors (Lipinski definition) is 1. The van der Waals surface area contributed by atoms with Crippen molar-refractivity contribution in [3.05, 3.63) is 0 Å². The zero-order chi connectivity index (χ0) is 10.9. The Morgan fingerprint density at radius 2 is 1.40 bits per heavy atom. The maximum absolute atomic E-state index is 8.76. The van der Waals surface area contributed by atoms with Gasteiger partial charge in [0.25, 0.3) is 0 Å². The molecule has 0 unspecified atom stereocenters. The van der Waals surface area contributed by atoms with E-state index in [9.17, 15) is 0 Å². The minimum absolute atomic E-state index is 0. The lowest BCUT2D eigenvalue weighted by Gasteiger charge is -2.29. The second-order valence-electron chi connectivity index (χ2n) is 4.87. The zero-order valence-corrected chi connectivity index (χ0v) is 12.8. The van der Waals surface area contributed by atoms with Crippen LogP contribution in [0, 0.1) is 0 Å². The van der Waals surface area contributed by atoms with Crippen LogP contribution in [0.4, 0.5) is 0 Å². The number of quaternary nitrogens is 1. The molecule has 0 amide bonds. The number of hydrogen-bond donors (Lipinski definition) is 1. The van der Waals surface area contributed by atoms with Crippen molar-refractivity contribution in [2.45, 2.75) is 45.4 Å². The summed E-state index contributed by atoms with van der Waals surface area (Å²) in [6, 6.07) is 0. The van der Waals surface area contributed by atoms with Crippen molar-refractivity contribution in [1.82, 2.24) is 0 Å². The Morgan fingerprint density at radius 1 is 0.867 bits per heavy atom. The molecule has 0 fully saturated rings. The maximum atomic E-state index is 8.76. The van der Waals surface area contributed by atoms with Crippen LogP contribution in [0.25, 0.3) is 0 Å². The lowest BCUT2D eigenvalue weighted by molar-refractivity contribution is -0.890. The summed E-state index contributed by atoms with van der Waals surface area (Å²) in [6.07, 6.45) is 7.72. The molecule has 94 valence electrons. The van der Waals surface area contributed by atoms with E-state index in [1.54, 1.807) is 0 Å². The predicted molar refractivity (Wildman–Crippen MR) is 62.3 cm³/mol. The van der Waals surface area contributed by atoms with Crippen LogP contribution in [-0.4, -0.2) is 43.4 Å². The van der Waals surface area contributed by atoms with Crippen LogP contribution in [0.1, 0.15) is 45.4 Å². The predicted octanol–water partition coefficient (Wildman–Crippen LogP) is -0.580. The van der Waals surface area contributed by atoms with Gasteiger partial charge in [0, 0.05) is 13.0 Å². The van der Waals surface area contributed by atoms with E-state index in [1.807, 2.05) is 0 Å². The Bertz CT molecular complexity index is 129. The summed E-state index contributed by atoms with van der Waals surface area (Å²) in [6.45, 7) is 4.94. The average molecular weight is 329 g/mol. The first-order valence-electron chi connectivity index (χ1n) is 6.05. The van der Waals surface area contributed by atoms with E-state index in [0.717, 1.165) is 17.4 Å². The maximum Gasteiger partial charge on any atom is 0.0804 e. The number of rotatable bonds is 9. The fraction of sp³-hybridized carbons (Fsp3) is 1.00. The van der Waals surface area contributed by atoms with Gasteiger partial charge >= 0.3 is 0 Å². The standard InChI is InChI=1S/C12H28NO.HI/c1-4-5-6-7-8-10-13(2,3)11-9-12-14;/h14H,4-12H2,1-3H3;1H/q+1;/p-1. The normalized spacial score (nSPS) is 11.2. The van der Waals surface area contributed by atoms with Gasteiger partial charge in [-0.05, 0) is 12.8 Å². The van der Waals surface area contributed by atoms with Gasteiger partial charge in [0.15, 0.2) is 0 Å². The number of aliphatic hydroxyl groups is 1. The third-order valence-corrected chi connectivity index (χ3v) is 2.79. The molecule has 0 saturated carbocycles. The first-order chi connectivity index (χ1) is 6.62. The molecule has 0 aromatic heterocycles. The van der Waals surface area contributed by atoms with E-state index < -0.39 is 0 Å². The van der Waals surface area contributed by atoms with Crippen molar-refractivity contribution in [1.29, 1.82) is 0 Å². The average Bonchev–Trinajstić information content (AvgIpc) is 2.15. The van der Waals surface area contributed by atoms with E-state index in [1.165, 1.54) is 38.6 Å². The Morgan fingerprint density at radius 3 is 1.93 bits per heavy atom. The summed E-state index contributed by atoms with van der Waals surface area (Å²) in [5.74, 6) is 0. The molecule has 0 heterocycles. The molecule has 0 radical (unpaired) electrons. The molecule has 0 aliphatic rings. The molecule has 0 aromatic rings. The first kappa shape index (κ1) is 18.0. The smallest absolute Gasteiger partial charge is 0.0804 e. The molecule has 0 aliphatic carbocycles. The quantitative estimate of drug-likeness (QED) is 0.341. The molecule has 0 bridgehead atoms. The van der Waals surface area contributed by atoms with Gasteiger partial charge in [-0.25, -0.2) is 0 Å². The van der Waals surface area contributed by atoms with Crippen LogP contribution in [0.2, 0.25) is 0 Å². The van der Waals surface area contributed by atoms with Gasteiger partial charge in [0.05, 0.1) is 27.2 Å². The van der Waals surface area contributed by atoms with Gasteiger partial charge in [-0.3, -0.25) is 0 Å². The minimum atomic E-state index is 0. The summed E-state index contributed by atoms with van der Waals surface area (Å²) in [4.78, 5) is 0. The molecular formula is C12H28INO. The molecule has 0 saturated heterocycles. The summed E-state index contributed by atoms with van der Waals surface area (Å²) < 4.78 is 1.06. The molecule has 15 heavy (non-hydrogen) atoms. The first-order valence-corrected chi connectivity index (χ1v) is 6.05. The summed E-state index contributed by atoms with van der Waals surface area (Å²) in [5.41, 5.74) is 0. The highest BCUT2D eigenvalue weighted by Crippen LogP contribution is 2.07. The van der Waals surface area contributed by atoms with Crippen molar-refractivity contribution in [3.63, 3.8) is 0 Å². The molecule has 0 aromatic carbocycles. The summed E-state index contributed by atoms with van der Waals surface area (Å²) in [7, 11) is 4.52. The van der Waals surface area contributed by atoms with Gasteiger partial charge in [0.2, 0.25) is 0 Å². The van der Waals surface area contributed by atoms with Gasteiger partial charge in [-0.1, -0.05) is 26.2 Å². The number of unbranched alkanes of at least 4 members (excludes halogenated alkanes) is 4. The number of halogens is 1. The SMILES string of the molecule is CCCCCCC[N+](C)(C)CCCO.[I-]. The monoisotopic (exact) mass is 329 g/mol. The minimum Gasteiger partial charge on any atom is -1.00 e. The molecule has 0 atom stereocenters. The van der Waals surface area contributed by atoms with Crippen molar-refractivity contribution in [2.24, 2.45) is 0 Å².